The summed E-state index contributed by atoms with van der Waals surface area (Å²) in [5.74, 6) is 0.658. The quantitative estimate of drug-likeness (QED) is 0.825. The predicted octanol–water partition coefficient (Wildman–Crippen LogP) is 3.68. The van der Waals surface area contributed by atoms with Crippen molar-refractivity contribution in [1.29, 1.82) is 0 Å². The van der Waals surface area contributed by atoms with Crippen molar-refractivity contribution in [1.82, 2.24) is 0 Å². The molecule has 1 N–H and O–H groups in total. The van der Waals surface area contributed by atoms with E-state index in [0.717, 1.165) is 17.0 Å². The van der Waals surface area contributed by atoms with E-state index >= 15 is 0 Å². The third-order valence-electron chi connectivity index (χ3n) is 3.14. The van der Waals surface area contributed by atoms with Gasteiger partial charge in [0.05, 0.1) is 11.7 Å². The molecule has 0 unspecified atom stereocenters. The summed E-state index contributed by atoms with van der Waals surface area (Å²) in [6.45, 7) is 2.60. The van der Waals surface area contributed by atoms with Crippen LogP contribution in [0.15, 0.2) is 42.5 Å². The van der Waals surface area contributed by atoms with E-state index in [1.807, 2.05) is 19.1 Å². The molecular weight excluding hydrogens is 229 g/mol. The molecule has 1 aliphatic rings. The van der Waals surface area contributed by atoms with Gasteiger partial charge in [0.1, 0.15) is 18.2 Å². The first-order valence-corrected chi connectivity index (χ1v) is 5.98. The molecule has 0 saturated carbocycles. The van der Waals surface area contributed by atoms with E-state index in [-0.39, 0.29) is 11.9 Å². The minimum absolute atomic E-state index is 0.0694. The molecule has 0 saturated heterocycles. The number of fused-ring (bicyclic) bond motifs is 1. The van der Waals surface area contributed by atoms with Gasteiger partial charge in [-0.25, -0.2) is 4.39 Å². The lowest BCUT2D eigenvalue weighted by Gasteiger charge is -2.28. The van der Waals surface area contributed by atoms with Crippen LogP contribution in [0.1, 0.15) is 17.2 Å². The molecule has 1 aliphatic heterocycles. The Labute approximate surface area is 105 Å². The van der Waals surface area contributed by atoms with Crippen LogP contribution in [0.2, 0.25) is 0 Å². The minimum atomic E-state index is -0.216. The van der Waals surface area contributed by atoms with Gasteiger partial charge in [-0.3, -0.25) is 0 Å². The summed E-state index contributed by atoms with van der Waals surface area (Å²) in [5, 5.41) is 3.43. The van der Waals surface area contributed by atoms with Gasteiger partial charge in [0, 0.05) is 0 Å². The number of nitrogens with one attached hydrogen (secondary N) is 1. The highest BCUT2D eigenvalue weighted by atomic mass is 19.1. The summed E-state index contributed by atoms with van der Waals surface area (Å²) >= 11 is 0. The second kappa shape index (κ2) is 4.33. The first-order chi connectivity index (χ1) is 8.72. The van der Waals surface area contributed by atoms with E-state index in [1.54, 1.807) is 12.1 Å². The van der Waals surface area contributed by atoms with E-state index in [0.29, 0.717) is 6.61 Å². The van der Waals surface area contributed by atoms with Gasteiger partial charge in [-0.2, -0.15) is 0 Å². The Morgan fingerprint density at radius 3 is 2.72 bits per heavy atom. The molecule has 0 amide bonds. The van der Waals surface area contributed by atoms with Crippen molar-refractivity contribution < 1.29 is 9.13 Å². The average molecular weight is 243 g/mol. The molecule has 3 heteroatoms. The van der Waals surface area contributed by atoms with Crippen molar-refractivity contribution in [3.63, 3.8) is 0 Å². The topological polar surface area (TPSA) is 21.3 Å². The number of hydrogen-bond acceptors (Lipinski definition) is 2. The Hall–Kier alpha value is -2.03. The summed E-state index contributed by atoms with van der Waals surface area (Å²) < 4.78 is 18.6. The number of aryl methyl sites for hydroxylation is 1. The average Bonchev–Trinajstić information content (AvgIpc) is 2.38. The van der Waals surface area contributed by atoms with Crippen LogP contribution in [0.4, 0.5) is 10.1 Å². The highest BCUT2D eigenvalue weighted by molar-refractivity contribution is 5.60. The fourth-order valence-corrected chi connectivity index (χ4v) is 2.16. The number of anilines is 1. The van der Waals surface area contributed by atoms with Crippen LogP contribution in [0, 0.1) is 12.7 Å². The van der Waals surface area contributed by atoms with Gasteiger partial charge in [-0.15, -0.1) is 0 Å². The molecule has 2 nitrogen and oxygen atoms in total. The fourth-order valence-electron chi connectivity index (χ4n) is 2.16. The van der Waals surface area contributed by atoms with Gasteiger partial charge < -0.3 is 10.1 Å². The molecule has 0 radical (unpaired) electrons. The Bertz CT molecular complexity index is 565. The minimum Gasteiger partial charge on any atom is -0.489 e. The Morgan fingerprint density at radius 2 is 1.94 bits per heavy atom. The van der Waals surface area contributed by atoms with Gasteiger partial charge >= 0.3 is 0 Å². The lowest BCUT2D eigenvalue weighted by Crippen LogP contribution is -2.23. The molecule has 2 aromatic rings. The predicted molar refractivity (Wildman–Crippen MR) is 69.4 cm³/mol. The normalized spacial score (nSPS) is 17.6. The number of rotatable bonds is 1. The van der Waals surface area contributed by atoms with Gasteiger partial charge in [0.2, 0.25) is 0 Å². The molecule has 0 fully saturated rings. The third-order valence-corrected chi connectivity index (χ3v) is 3.14. The van der Waals surface area contributed by atoms with Crippen LogP contribution in [0.3, 0.4) is 0 Å². The summed E-state index contributed by atoms with van der Waals surface area (Å²) in [6, 6.07) is 12.7. The Morgan fingerprint density at radius 1 is 1.17 bits per heavy atom. The molecule has 0 spiro atoms. The molecule has 18 heavy (non-hydrogen) atoms. The second-order valence-corrected chi connectivity index (χ2v) is 4.56. The van der Waals surface area contributed by atoms with Crippen LogP contribution in [-0.2, 0) is 0 Å². The summed E-state index contributed by atoms with van der Waals surface area (Å²) in [4.78, 5) is 0. The van der Waals surface area contributed by atoms with Crippen molar-refractivity contribution in [2.75, 3.05) is 11.9 Å². The van der Waals surface area contributed by atoms with Crippen LogP contribution in [-0.4, -0.2) is 6.61 Å². The van der Waals surface area contributed by atoms with Crippen molar-refractivity contribution in [3.8, 4) is 5.75 Å². The highest BCUT2D eigenvalue weighted by Crippen LogP contribution is 2.34. The van der Waals surface area contributed by atoms with E-state index in [4.69, 9.17) is 4.74 Å². The van der Waals surface area contributed by atoms with E-state index in [1.165, 1.54) is 17.7 Å². The molecule has 1 atom stereocenters. The smallest absolute Gasteiger partial charge is 0.142 e. The Kier molecular flexibility index (Phi) is 2.67. The second-order valence-electron chi connectivity index (χ2n) is 4.56. The first-order valence-electron chi connectivity index (χ1n) is 5.98. The van der Waals surface area contributed by atoms with Gasteiger partial charge in [-0.1, -0.05) is 18.2 Å². The van der Waals surface area contributed by atoms with Gasteiger partial charge in [0.15, 0.2) is 0 Å². The maximum absolute atomic E-state index is 12.9. The number of benzene rings is 2. The molecule has 3 rings (SSSR count). The van der Waals surface area contributed by atoms with E-state index in [2.05, 4.69) is 11.4 Å². The monoisotopic (exact) mass is 243 g/mol. The lowest BCUT2D eigenvalue weighted by molar-refractivity contribution is 0.286. The number of halogens is 1. The van der Waals surface area contributed by atoms with Gasteiger partial charge in [0.25, 0.3) is 0 Å². The largest absolute Gasteiger partial charge is 0.489 e. The van der Waals surface area contributed by atoms with E-state index in [9.17, 15) is 4.39 Å². The van der Waals surface area contributed by atoms with Crippen molar-refractivity contribution in [3.05, 3.63) is 59.4 Å². The van der Waals surface area contributed by atoms with Crippen LogP contribution < -0.4 is 10.1 Å². The van der Waals surface area contributed by atoms with Crippen LogP contribution in [0.5, 0.6) is 5.75 Å². The van der Waals surface area contributed by atoms with Crippen molar-refractivity contribution in [2.45, 2.75) is 13.0 Å². The standard InChI is InChI=1S/C15H14FNO/c1-10-2-7-15-13(8-10)17-14(9-18-15)11-3-5-12(16)6-4-11/h2-8,14,17H,9H2,1H3/t14-/m1/s1. The molecule has 1 heterocycles. The summed E-state index contributed by atoms with van der Waals surface area (Å²) in [6.07, 6.45) is 0. The number of ether oxygens (including phenoxy) is 1. The molecule has 2 aromatic carbocycles. The molecule has 0 aromatic heterocycles. The fraction of sp³-hybridized carbons (Fsp3) is 0.200. The molecule has 0 aliphatic carbocycles. The SMILES string of the molecule is Cc1ccc2c(c1)N[C@@H](c1ccc(F)cc1)CO2. The van der Waals surface area contributed by atoms with Crippen molar-refractivity contribution in [2.24, 2.45) is 0 Å². The number of hydrogen-bond donors (Lipinski definition) is 1. The molecule has 0 bridgehead atoms. The van der Waals surface area contributed by atoms with E-state index < -0.39 is 0 Å². The lowest BCUT2D eigenvalue weighted by atomic mass is 10.1. The first kappa shape index (κ1) is 11.1. The Balaban J connectivity index is 1.88. The maximum atomic E-state index is 12.9. The zero-order valence-corrected chi connectivity index (χ0v) is 10.1. The molecule has 92 valence electrons. The summed E-state index contributed by atoms with van der Waals surface area (Å²) in [5.41, 5.74) is 3.21. The van der Waals surface area contributed by atoms with Crippen LogP contribution in [0.25, 0.3) is 0 Å². The third kappa shape index (κ3) is 2.04. The van der Waals surface area contributed by atoms with Crippen molar-refractivity contribution >= 4 is 5.69 Å². The van der Waals surface area contributed by atoms with Crippen LogP contribution >= 0.6 is 0 Å². The zero-order valence-electron chi connectivity index (χ0n) is 10.1. The zero-order chi connectivity index (χ0) is 12.5. The maximum Gasteiger partial charge on any atom is 0.142 e. The highest BCUT2D eigenvalue weighted by Gasteiger charge is 2.20. The van der Waals surface area contributed by atoms with Gasteiger partial charge in [-0.05, 0) is 42.3 Å². The summed E-state index contributed by atoms with van der Waals surface area (Å²) in [7, 11) is 0. The molecular formula is C15H14FNO.